The van der Waals surface area contributed by atoms with Crippen molar-refractivity contribution in [3.05, 3.63) is 70.5 Å². The number of H-pyrrole nitrogens is 1. The van der Waals surface area contributed by atoms with Gasteiger partial charge < -0.3 is 9.55 Å². The summed E-state index contributed by atoms with van der Waals surface area (Å²) >= 11 is 6.35. The average molecular weight is 346 g/mol. The van der Waals surface area contributed by atoms with Crippen molar-refractivity contribution < 1.29 is 4.39 Å². The smallest absolute Gasteiger partial charge is 0.129 e. The molecule has 0 radical (unpaired) electrons. The second-order valence-electron chi connectivity index (χ2n) is 5.98. The molecule has 5 nitrogen and oxygen atoms in total. The first-order chi connectivity index (χ1) is 11.6. The highest BCUT2D eigenvalue weighted by molar-refractivity contribution is 6.31. The molecule has 4 rings (SSSR count). The van der Waals surface area contributed by atoms with E-state index in [2.05, 4.69) is 19.9 Å². The molecule has 1 atom stereocenters. The molecule has 0 fully saturated rings. The summed E-state index contributed by atoms with van der Waals surface area (Å²) in [5.74, 6) is 0.611. The first-order valence-electron chi connectivity index (χ1n) is 7.81. The van der Waals surface area contributed by atoms with Crippen molar-refractivity contribution in [2.24, 2.45) is 7.05 Å². The molecule has 3 heterocycles. The third-order valence-electron chi connectivity index (χ3n) is 4.56. The van der Waals surface area contributed by atoms with Crippen LogP contribution in [0, 0.1) is 5.82 Å². The molecule has 2 aromatic heterocycles. The maximum absolute atomic E-state index is 14.6. The van der Waals surface area contributed by atoms with Crippen molar-refractivity contribution in [1.82, 2.24) is 24.4 Å². The van der Waals surface area contributed by atoms with Crippen LogP contribution in [0.5, 0.6) is 0 Å². The minimum absolute atomic E-state index is 0.312. The fourth-order valence-corrected chi connectivity index (χ4v) is 3.58. The Kier molecular flexibility index (Phi) is 3.86. The van der Waals surface area contributed by atoms with Gasteiger partial charge in [0.05, 0.1) is 24.6 Å². The molecular weight excluding hydrogens is 329 g/mol. The molecule has 0 saturated carbocycles. The Morgan fingerprint density at radius 2 is 2.25 bits per heavy atom. The third kappa shape index (κ3) is 2.52. The summed E-state index contributed by atoms with van der Waals surface area (Å²) < 4.78 is 16.6. The normalized spacial score (nSPS) is 17.9. The zero-order valence-electron chi connectivity index (χ0n) is 13.2. The van der Waals surface area contributed by atoms with Gasteiger partial charge in [0.15, 0.2) is 0 Å². The van der Waals surface area contributed by atoms with Gasteiger partial charge in [-0.2, -0.15) is 0 Å². The van der Waals surface area contributed by atoms with Gasteiger partial charge in [-0.1, -0.05) is 17.7 Å². The second kappa shape index (κ2) is 6.03. The lowest BCUT2D eigenvalue weighted by Crippen LogP contribution is -2.37. The molecule has 1 aliphatic rings. The van der Waals surface area contributed by atoms with Crippen molar-refractivity contribution in [2.45, 2.75) is 19.0 Å². The van der Waals surface area contributed by atoms with E-state index in [0.29, 0.717) is 17.1 Å². The Hall–Kier alpha value is -2.18. The highest BCUT2D eigenvalue weighted by Crippen LogP contribution is 2.38. The van der Waals surface area contributed by atoms with Crippen LogP contribution in [0.3, 0.4) is 0 Å². The lowest BCUT2D eigenvalue weighted by molar-refractivity contribution is 0.190. The summed E-state index contributed by atoms with van der Waals surface area (Å²) in [5, 5.41) is 0.417. The van der Waals surface area contributed by atoms with Crippen LogP contribution in [-0.4, -0.2) is 31.0 Å². The summed E-state index contributed by atoms with van der Waals surface area (Å²) in [4.78, 5) is 14.2. The SMILES string of the molecule is Cn1ccnc1CN1CCc2[nH]cnc2[C@H]1c1c(F)cccc1Cl. The molecule has 1 aromatic carbocycles. The highest BCUT2D eigenvalue weighted by Gasteiger charge is 2.34. The summed E-state index contributed by atoms with van der Waals surface area (Å²) in [6.45, 7) is 1.38. The van der Waals surface area contributed by atoms with E-state index in [9.17, 15) is 4.39 Å². The van der Waals surface area contributed by atoms with Crippen LogP contribution < -0.4 is 0 Å². The van der Waals surface area contributed by atoms with Crippen LogP contribution in [0.2, 0.25) is 5.02 Å². The molecule has 0 aliphatic carbocycles. The molecule has 0 spiro atoms. The number of aromatic amines is 1. The molecule has 0 saturated heterocycles. The molecule has 7 heteroatoms. The first kappa shape index (κ1) is 15.4. The zero-order valence-corrected chi connectivity index (χ0v) is 14.0. The van der Waals surface area contributed by atoms with Gasteiger partial charge in [-0.25, -0.2) is 14.4 Å². The molecule has 1 N–H and O–H groups in total. The zero-order chi connectivity index (χ0) is 16.7. The maximum atomic E-state index is 14.6. The lowest BCUT2D eigenvalue weighted by Gasteiger charge is -2.35. The third-order valence-corrected chi connectivity index (χ3v) is 4.89. The van der Waals surface area contributed by atoms with Gasteiger partial charge in [-0.05, 0) is 12.1 Å². The number of rotatable bonds is 3. The summed E-state index contributed by atoms with van der Waals surface area (Å²) in [6, 6.07) is 4.46. The molecule has 3 aromatic rings. The quantitative estimate of drug-likeness (QED) is 0.793. The second-order valence-corrected chi connectivity index (χ2v) is 6.39. The van der Waals surface area contributed by atoms with Gasteiger partial charge in [-0.3, -0.25) is 4.90 Å². The molecular formula is C17H17ClFN5. The molecule has 1 aliphatic heterocycles. The number of nitrogens with zero attached hydrogens (tertiary/aromatic N) is 4. The molecule has 0 bridgehead atoms. The Bertz CT molecular complexity index is 851. The summed E-state index contributed by atoms with van der Waals surface area (Å²) in [7, 11) is 1.96. The molecule has 24 heavy (non-hydrogen) atoms. The fourth-order valence-electron chi connectivity index (χ4n) is 3.32. The van der Waals surface area contributed by atoms with Crippen LogP contribution in [0.1, 0.15) is 28.8 Å². The maximum Gasteiger partial charge on any atom is 0.129 e. The van der Waals surface area contributed by atoms with Crippen molar-refractivity contribution >= 4 is 11.6 Å². The van der Waals surface area contributed by atoms with Crippen LogP contribution in [0.4, 0.5) is 4.39 Å². The molecule has 0 unspecified atom stereocenters. The van der Waals surface area contributed by atoms with E-state index in [0.717, 1.165) is 30.2 Å². The van der Waals surface area contributed by atoms with Gasteiger partial charge in [0, 0.05) is 48.7 Å². The summed E-state index contributed by atoms with van der Waals surface area (Å²) in [6.07, 6.45) is 6.17. The predicted molar refractivity (Wildman–Crippen MR) is 89.2 cm³/mol. The van der Waals surface area contributed by atoms with Crippen molar-refractivity contribution in [3.8, 4) is 0 Å². The van der Waals surface area contributed by atoms with E-state index in [1.807, 2.05) is 17.8 Å². The number of fused-ring (bicyclic) bond motifs is 1. The van der Waals surface area contributed by atoms with E-state index in [1.165, 1.54) is 6.07 Å². The van der Waals surface area contributed by atoms with E-state index in [1.54, 1.807) is 24.7 Å². The topological polar surface area (TPSA) is 49.7 Å². The van der Waals surface area contributed by atoms with Crippen LogP contribution in [-0.2, 0) is 20.0 Å². The monoisotopic (exact) mass is 345 g/mol. The van der Waals surface area contributed by atoms with Gasteiger partial charge in [0.25, 0.3) is 0 Å². The Balaban J connectivity index is 1.80. The number of imidazole rings is 2. The Labute approximate surface area is 144 Å². The largest absolute Gasteiger partial charge is 0.348 e. The van der Waals surface area contributed by atoms with Crippen molar-refractivity contribution in [2.75, 3.05) is 6.54 Å². The van der Waals surface area contributed by atoms with E-state index in [4.69, 9.17) is 11.6 Å². The fraction of sp³-hybridized carbons (Fsp3) is 0.294. The number of hydrogen-bond donors (Lipinski definition) is 1. The molecule has 0 amide bonds. The van der Waals surface area contributed by atoms with Crippen molar-refractivity contribution in [1.29, 1.82) is 0 Å². The van der Waals surface area contributed by atoms with Gasteiger partial charge in [-0.15, -0.1) is 0 Å². The number of aryl methyl sites for hydroxylation is 1. The van der Waals surface area contributed by atoms with Crippen LogP contribution >= 0.6 is 11.6 Å². The highest BCUT2D eigenvalue weighted by atomic mass is 35.5. The van der Waals surface area contributed by atoms with E-state index < -0.39 is 0 Å². The number of halogens is 2. The van der Waals surface area contributed by atoms with Crippen LogP contribution in [0.15, 0.2) is 36.9 Å². The number of benzene rings is 1. The van der Waals surface area contributed by atoms with Gasteiger partial charge in [0.1, 0.15) is 11.6 Å². The predicted octanol–water partition coefficient (Wildman–Crippen LogP) is 3.08. The van der Waals surface area contributed by atoms with Gasteiger partial charge >= 0.3 is 0 Å². The average Bonchev–Trinajstić information content (AvgIpc) is 3.18. The standard InChI is InChI=1S/C17H17ClFN5/c1-23-8-6-20-14(23)9-24-7-5-13-16(22-10-21-13)17(24)15-11(18)3-2-4-12(15)19/h2-4,6,8,10,17H,5,7,9H2,1H3,(H,21,22)/t17-/m1/s1. The Morgan fingerprint density at radius 3 is 3.00 bits per heavy atom. The minimum Gasteiger partial charge on any atom is -0.348 e. The first-order valence-corrected chi connectivity index (χ1v) is 8.19. The van der Waals surface area contributed by atoms with E-state index >= 15 is 0 Å². The minimum atomic E-state index is -0.328. The number of nitrogens with one attached hydrogen (secondary N) is 1. The van der Waals surface area contributed by atoms with Crippen molar-refractivity contribution in [3.63, 3.8) is 0 Å². The Morgan fingerprint density at radius 1 is 1.38 bits per heavy atom. The number of aromatic nitrogens is 4. The molecule has 124 valence electrons. The van der Waals surface area contributed by atoms with Gasteiger partial charge in [0.2, 0.25) is 0 Å². The summed E-state index contributed by atoms with van der Waals surface area (Å²) in [5.41, 5.74) is 2.35. The number of hydrogen-bond acceptors (Lipinski definition) is 3. The van der Waals surface area contributed by atoms with E-state index in [-0.39, 0.29) is 11.9 Å². The lowest BCUT2D eigenvalue weighted by atomic mass is 9.95. The van der Waals surface area contributed by atoms with Crippen LogP contribution in [0.25, 0.3) is 0 Å².